The molecule has 1 aliphatic heterocycles. The minimum absolute atomic E-state index is 0.0867. The molecule has 1 aromatic carbocycles. The van der Waals surface area contributed by atoms with E-state index in [1.165, 1.54) is 56.4 Å². The molecule has 3 aliphatic carbocycles. The number of carbonyl (C=O) groups is 1. The Morgan fingerprint density at radius 3 is 2.69 bits per heavy atom. The lowest BCUT2D eigenvalue weighted by Crippen LogP contribution is -2.44. The SMILES string of the molecule is CC(=O)NC1CC2(CCN(C[C@H]3C[C@H]4C=C[C@H]3C4)CC2)c2ccccc21. The summed E-state index contributed by atoms with van der Waals surface area (Å²) in [5.41, 5.74) is 3.13. The molecule has 1 saturated carbocycles. The molecule has 1 spiro atoms. The first-order valence-electron chi connectivity index (χ1n) is 10.4. The minimum Gasteiger partial charge on any atom is -0.349 e. The molecule has 1 unspecified atom stereocenters. The third-order valence-electron chi connectivity index (χ3n) is 7.60. The van der Waals surface area contributed by atoms with Gasteiger partial charge in [-0.25, -0.2) is 0 Å². The monoisotopic (exact) mass is 350 g/mol. The van der Waals surface area contributed by atoms with E-state index in [1.807, 2.05) is 0 Å². The van der Waals surface area contributed by atoms with Crippen LogP contribution in [0.5, 0.6) is 0 Å². The van der Waals surface area contributed by atoms with Gasteiger partial charge in [-0.2, -0.15) is 0 Å². The Bertz CT molecular complexity index is 731. The van der Waals surface area contributed by atoms with Crippen LogP contribution in [0.4, 0.5) is 0 Å². The fraction of sp³-hybridized carbons (Fsp3) is 0.609. The van der Waals surface area contributed by atoms with E-state index in [9.17, 15) is 4.79 Å². The van der Waals surface area contributed by atoms with Crippen molar-refractivity contribution in [1.29, 1.82) is 0 Å². The van der Waals surface area contributed by atoms with Crippen LogP contribution in [-0.2, 0) is 10.2 Å². The number of piperidine rings is 1. The normalized spacial score (nSPS) is 34.3. The van der Waals surface area contributed by atoms with Gasteiger partial charge in [0.2, 0.25) is 5.91 Å². The predicted octanol–water partition coefficient (Wildman–Crippen LogP) is 3.81. The topological polar surface area (TPSA) is 32.3 Å². The van der Waals surface area contributed by atoms with Gasteiger partial charge in [0.1, 0.15) is 0 Å². The molecule has 26 heavy (non-hydrogen) atoms. The lowest BCUT2D eigenvalue weighted by atomic mass is 9.73. The van der Waals surface area contributed by atoms with Crippen molar-refractivity contribution in [2.24, 2.45) is 17.8 Å². The number of benzene rings is 1. The smallest absolute Gasteiger partial charge is 0.217 e. The molecule has 4 atom stereocenters. The maximum absolute atomic E-state index is 11.7. The highest BCUT2D eigenvalue weighted by molar-refractivity contribution is 5.73. The van der Waals surface area contributed by atoms with Crippen molar-refractivity contribution < 1.29 is 4.79 Å². The largest absolute Gasteiger partial charge is 0.349 e. The van der Waals surface area contributed by atoms with E-state index >= 15 is 0 Å². The third-order valence-corrected chi connectivity index (χ3v) is 7.60. The Kier molecular flexibility index (Phi) is 3.97. The molecule has 3 heteroatoms. The fourth-order valence-electron chi connectivity index (χ4n) is 6.34. The number of fused-ring (bicyclic) bond motifs is 4. The lowest BCUT2D eigenvalue weighted by molar-refractivity contribution is -0.119. The molecule has 0 radical (unpaired) electrons. The zero-order chi connectivity index (χ0) is 17.7. The van der Waals surface area contributed by atoms with Crippen molar-refractivity contribution in [3.05, 3.63) is 47.5 Å². The second kappa shape index (κ2) is 6.23. The van der Waals surface area contributed by atoms with Crippen LogP contribution in [0, 0.1) is 17.8 Å². The van der Waals surface area contributed by atoms with E-state index in [-0.39, 0.29) is 17.4 Å². The summed E-state index contributed by atoms with van der Waals surface area (Å²) in [6.07, 6.45) is 11.3. The Morgan fingerprint density at radius 2 is 2.00 bits per heavy atom. The number of hydrogen-bond donors (Lipinski definition) is 1. The quantitative estimate of drug-likeness (QED) is 0.841. The van der Waals surface area contributed by atoms with Crippen LogP contribution in [-0.4, -0.2) is 30.4 Å². The summed E-state index contributed by atoms with van der Waals surface area (Å²) in [7, 11) is 0. The molecule has 4 aliphatic rings. The van der Waals surface area contributed by atoms with Crippen LogP contribution in [0.1, 0.15) is 56.2 Å². The first-order chi connectivity index (χ1) is 12.6. The molecular formula is C23H30N2O. The van der Waals surface area contributed by atoms with Crippen molar-refractivity contribution in [3.8, 4) is 0 Å². The molecule has 138 valence electrons. The van der Waals surface area contributed by atoms with Crippen molar-refractivity contribution in [2.75, 3.05) is 19.6 Å². The van der Waals surface area contributed by atoms with E-state index in [2.05, 4.69) is 46.6 Å². The highest BCUT2D eigenvalue weighted by atomic mass is 16.1. The van der Waals surface area contributed by atoms with Gasteiger partial charge in [-0.3, -0.25) is 4.79 Å². The summed E-state index contributed by atoms with van der Waals surface area (Å²) in [6, 6.07) is 9.02. The van der Waals surface area contributed by atoms with E-state index in [0.717, 1.165) is 24.2 Å². The van der Waals surface area contributed by atoms with Crippen molar-refractivity contribution in [2.45, 2.75) is 50.5 Å². The van der Waals surface area contributed by atoms with Gasteiger partial charge in [0.15, 0.2) is 0 Å². The maximum atomic E-state index is 11.7. The standard InChI is InChI=1S/C23H30N2O/c1-16(26)24-22-14-23(21-5-3-2-4-20(21)22)8-10-25(11-9-23)15-19-13-17-6-7-18(19)12-17/h2-7,17-19,22H,8-15H2,1H3,(H,24,26)/t17-,18-,19+,22?/m0/s1. The van der Waals surface area contributed by atoms with Gasteiger partial charge in [0, 0.05) is 18.9 Å². The molecular weight excluding hydrogens is 320 g/mol. The van der Waals surface area contributed by atoms with Gasteiger partial charge in [-0.15, -0.1) is 0 Å². The predicted molar refractivity (Wildman–Crippen MR) is 104 cm³/mol. The van der Waals surface area contributed by atoms with Crippen LogP contribution in [0.2, 0.25) is 0 Å². The molecule has 2 bridgehead atoms. The summed E-state index contributed by atoms with van der Waals surface area (Å²) >= 11 is 0. The summed E-state index contributed by atoms with van der Waals surface area (Å²) in [5.74, 6) is 2.71. The first kappa shape index (κ1) is 16.6. The summed E-state index contributed by atoms with van der Waals surface area (Å²) < 4.78 is 0. The number of likely N-dealkylation sites (tertiary alicyclic amines) is 1. The molecule has 1 heterocycles. The first-order valence-corrected chi connectivity index (χ1v) is 10.4. The van der Waals surface area contributed by atoms with E-state index in [4.69, 9.17) is 0 Å². The Morgan fingerprint density at radius 1 is 1.19 bits per heavy atom. The molecule has 1 aromatic rings. The van der Waals surface area contributed by atoms with Crippen molar-refractivity contribution in [1.82, 2.24) is 10.2 Å². The summed E-state index contributed by atoms with van der Waals surface area (Å²) in [5, 5.41) is 3.20. The van der Waals surface area contributed by atoms with Crippen LogP contribution in [0.25, 0.3) is 0 Å². The zero-order valence-corrected chi connectivity index (χ0v) is 15.8. The second-order valence-electron chi connectivity index (χ2n) is 9.17. The fourth-order valence-corrected chi connectivity index (χ4v) is 6.34. The highest BCUT2D eigenvalue weighted by Crippen LogP contribution is 2.51. The zero-order valence-electron chi connectivity index (χ0n) is 15.8. The average Bonchev–Trinajstić information content (AvgIpc) is 3.32. The van der Waals surface area contributed by atoms with Crippen molar-refractivity contribution >= 4 is 5.91 Å². The number of carbonyl (C=O) groups excluding carboxylic acids is 1. The van der Waals surface area contributed by atoms with Gasteiger partial charge >= 0.3 is 0 Å². The van der Waals surface area contributed by atoms with Gasteiger partial charge in [-0.1, -0.05) is 36.4 Å². The van der Waals surface area contributed by atoms with E-state index < -0.39 is 0 Å². The number of nitrogens with one attached hydrogen (secondary N) is 1. The molecule has 3 nitrogen and oxygen atoms in total. The average molecular weight is 351 g/mol. The number of nitrogens with zero attached hydrogens (tertiary/aromatic N) is 1. The second-order valence-corrected chi connectivity index (χ2v) is 9.17. The number of rotatable bonds is 3. The number of amides is 1. The Labute approximate surface area is 156 Å². The minimum atomic E-state index is 0.0867. The molecule has 0 aromatic heterocycles. The molecule has 1 N–H and O–H groups in total. The number of allylic oxidation sites excluding steroid dienone is 2. The van der Waals surface area contributed by atoms with Crippen LogP contribution >= 0.6 is 0 Å². The molecule has 2 fully saturated rings. The number of hydrogen-bond acceptors (Lipinski definition) is 2. The Balaban J connectivity index is 1.28. The maximum Gasteiger partial charge on any atom is 0.217 e. The summed E-state index contributed by atoms with van der Waals surface area (Å²) in [6.45, 7) is 5.34. The van der Waals surface area contributed by atoms with Crippen LogP contribution < -0.4 is 5.32 Å². The van der Waals surface area contributed by atoms with Gasteiger partial charge in [0.05, 0.1) is 6.04 Å². The van der Waals surface area contributed by atoms with Crippen LogP contribution in [0.3, 0.4) is 0 Å². The van der Waals surface area contributed by atoms with Gasteiger partial charge in [-0.05, 0) is 74.1 Å². The van der Waals surface area contributed by atoms with Crippen LogP contribution in [0.15, 0.2) is 36.4 Å². The van der Waals surface area contributed by atoms with Gasteiger partial charge < -0.3 is 10.2 Å². The molecule has 1 saturated heterocycles. The molecule has 1 amide bonds. The summed E-state index contributed by atoms with van der Waals surface area (Å²) in [4.78, 5) is 14.4. The van der Waals surface area contributed by atoms with Gasteiger partial charge in [0.25, 0.3) is 0 Å². The van der Waals surface area contributed by atoms with Crippen molar-refractivity contribution in [3.63, 3.8) is 0 Å². The van der Waals surface area contributed by atoms with E-state index in [1.54, 1.807) is 6.92 Å². The third kappa shape index (κ3) is 2.72. The Hall–Kier alpha value is -1.61. The van der Waals surface area contributed by atoms with E-state index in [0.29, 0.717) is 0 Å². The lowest BCUT2D eigenvalue weighted by Gasteiger charge is -2.41. The highest BCUT2D eigenvalue weighted by Gasteiger charge is 2.46. The molecule has 5 rings (SSSR count).